The summed E-state index contributed by atoms with van der Waals surface area (Å²) in [6.45, 7) is -2.28. The second-order valence-electron chi connectivity index (χ2n) is 6.09. The first-order chi connectivity index (χ1) is 13.0. The van der Waals surface area contributed by atoms with Crippen LogP contribution >= 0.6 is 0 Å². The van der Waals surface area contributed by atoms with Gasteiger partial charge >= 0.3 is 12.6 Å². The van der Waals surface area contributed by atoms with Crippen molar-refractivity contribution in [3.8, 4) is 5.75 Å². The van der Waals surface area contributed by atoms with E-state index in [1.807, 2.05) is 30.3 Å². The normalized spacial score (nSPS) is 11.9. The largest absolute Gasteiger partial charge is 0.435 e. The fourth-order valence-corrected chi connectivity index (χ4v) is 2.69. The van der Waals surface area contributed by atoms with Gasteiger partial charge in [-0.2, -0.15) is 8.78 Å². The van der Waals surface area contributed by atoms with Crippen LogP contribution in [0.3, 0.4) is 0 Å². The number of amides is 2. The summed E-state index contributed by atoms with van der Waals surface area (Å²) in [7, 11) is 3.30. The summed E-state index contributed by atoms with van der Waals surface area (Å²) in [4.78, 5) is 14.1. The van der Waals surface area contributed by atoms with Gasteiger partial charge < -0.3 is 19.7 Å². The second-order valence-corrected chi connectivity index (χ2v) is 6.09. The van der Waals surface area contributed by atoms with Crippen molar-refractivity contribution in [3.63, 3.8) is 0 Å². The number of methoxy groups -OCH3 is 1. The number of urea groups is 1. The molecule has 0 aromatic heterocycles. The number of carbonyl (C=O) groups excluding carboxylic acids is 1. The zero-order valence-corrected chi connectivity index (χ0v) is 15.4. The molecule has 0 saturated heterocycles. The molecule has 0 aliphatic rings. The summed E-state index contributed by atoms with van der Waals surface area (Å²) in [5, 5.41) is 2.79. The molecule has 0 unspecified atom stereocenters. The summed E-state index contributed by atoms with van der Waals surface area (Å²) in [6, 6.07) is 15.7. The zero-order chi connectivity index (χ0) is 19.6. The van der Waals surface area contributed by atoms with E-state index in [0.29, 0.717) is 18.6 Å². The van der Waals surface area contributed by atoms with Gasteiger partial charge in [-0.3, -0.25) is 0 Å². The number of likely N-dealkylation sites (N-methyl/N-ethyl adjacent to an activating group) is 1. The van der Waals surface area contributed by atoms with Crippen LogP contribution in [0.5, 0.6) is 5.75 Å². The molecule has 27 heavy (non-hydrogen) atoms. The summed E-state index contributed by atoms with van der Waals surface area (Å²) in [6.07, 6.45) is 0.663. The van der Waals surface area contributed by atoms with E-state index in [9.17, 15) is 13.6 Å². The summed E-state index contributed by atoms with van der Waals surface area (Å²) < 4.78 is 34.2. The highest BCUT2D eigenvalue weighted by Gasteiger charge is 2.20. The Bertz CT molecular complexity index is 713. The Morgan fingerprint density at radius 3 is 2.48 bits per heavy atom. The van der Waals surface area contributed by atoms with Gasteiger partial charge in [-0.1, -0.05) is 42.5 Å². The number of nitrogens with one attached hydrogen (secondary N) is 1. The number of benzene rings is 2. The van der Waals surface area contributed by atoms with Crippen LogP contribution in [0.2, 0.25) is 0 Å². The van der Waals surface area contributed by atoms with Crippen molar-refractivity contribution in [1.82, 2.24) is 10.2 Å². The molecule has 0 aliphatic heterocycles. The monoisotopic (exact) mass is 378 g/mol. The summed E-state index contributed by atoms with van der Waals surface area (Å²) in [5.41, 5.74) is 1.78. The highest BCUT2D eigenvalue weighted by atomic mass is 19.3. The average molecular weight is 378 g/mol. The predicted molar refractivity (Wildman–Crippen MR) is 98.9 cm³/mol. The van der Waals surface area contributed by atoms with Gasteiger partial charge in [0.05, 0.1) is 12.6 Å². The average Bonchev–Trinajstić information content (AvgIpc) is 2.66. The Hall–Kier alpha value is -2.67. The highest BCUT2D eigenvalue weighted by molar-refractivity contribution is 5.74. The molecule has 146 valence electrons. The quantitative estimate of drug-likeness (QED) is 0.724. The van der Waals surface area contributed by atoms with E-state index in [1.54, 1.807) is 31.2 Å². The fourth-order valence-electron chi connectivity index (χ4n) is 2.69. The lowest BCUT2D eigenvalue weighted by Gasteiger charge is -2.28. The van der Waals surface area contributed by atoms with Crippen molar-refractivity contribution in [2.24, 2.45) is 0 Å². The first-order valence-electron chi connectivity index (χ1n) is 8.57. The zero-order valence-electron chi connectivity index (χ0n) is 15.4. The van der Waals surface area contributed by atoms with E-state index in [0.717, 1.165) is 5.56 Å². The molecule has 2 amide bonds. The molecular weight excluding hydrogens is 354 g/mol. The molecule has 1 N–H and O–H groups in total. The van der Waals surface area contributed by atoms with E-state index in [1.165, 1.54) is 12.1 Å². The number of nitrogens with zero attached hydrogens (tertiary/aromatic N) is 1. The Kier molecular flexibility index (Phi) is 8.00. The third-order valence-electron chi connectivity index (χ3n) is 4.11. The molecule has 0 bridgehead atoms. The number of hydrogen-bond donors (Lipinski definition) is 1. The fraction of sp³-hybridized carbons (Fsp3) is 0.350. The number of carbonyl (C=O) groups is 1. The predicted octanol–water partition coefficient (Wildman–Crippen LogP) is 3.69. The van der Waals surface area contributed by atoms with Gasteiger partial charge in [0, 0.05) is 20.7 Å². The molecule has 0 heterocycles. The maximum atomic E-state index is 12.5. The molecule has 5 nitrogen and oxygen atoms in total. The van der Waals surface area contributed by atoms with E-state index < -0.39 is 6.61 Å². The Labute approximate surface area is 157 Å². The van der Waals surface area contributed by atoms with Crippen LogP contribution < -0.4 is 10.1 Å². The van der Waals surface area contributed by atoms with E-state index in [4.69, 9.17) is 4.74 Å². The van der Waals surface area contributed by atoms with Gasteiger partial charge in [0.25, 0.3) is 0 Å². The van der Waals surface area contributed by atoms with E-state index >= 15 is 0 Å². The van der Waals surface area contributed by atoms with Crippen LogP contribution in [-0.4, -0.2) is 44.3 Å². The minimum Gasteiger partial charge on any atom is -0.435 e. The smallest absolute Gasteiger partial charge is 0.387 e. The number of ether oxygens (including phenoxy) is 2. The van der Waals surface area contributed by atoms with Crippen LogP contribution in [0.25, 0.3) is 0 Å². The molecule has 2 rings (SSSR count). The molecule has 0 radical (unpaired) electrons. The minimum atomic E-state index is -2.88. The van der Waals surface area contributed by atoms with Crippen LogP contribution in [-0.2, 0) is 17.7 Å². The summed E-state index contributed by atoms with van der Waals surface area (Å²) in [5.74, 6) is 0.0615. The number of alkyl halides is 2. The van der Waals surface area contributed by atoms with Crippen LogP contribution in [0.15, 0.2) is 54.6 Å². The van der Waals surface area contributed by atoms with Crippen LogP contribution in [0, 0.1) is 0 Å². The van der Waals surface area contributed by atoms with Gasteiger partial charge in [-0.15, -0.1) is 0 Å². The number of halogens is 2. The lowest BCUT2D eigenvalue weighted by molar-refractivity contribution is -0.0498. The van der Waals surface area contributed by atoms with Gasteiger partial charge in [-0.25, -0.2) is 4.79 Å². The molecule has 0 fully saturated rings. The van der Waals surface area contributed by atoms with Crippen molar-refractivity contribution < 1.29 is 23.0 Å². The molecule has 1 atom stereocenters. The lowest BCUT2D eigenvalue weighted by Crippen LogP contribution is -2.46. The standard InChI is InChI=1S/C20H24F2N2O3/c1-24(17(14-26-2)11-15-7-4-3-5-8-15)20(25)23-13-16-9-6-10-18(12-16)27-19(21)22/h3-10,12,17,19H,11,13-14H2,1-2H3,(H,23,25)/t17-/m0/s1. The maximum absolute atomic E-state index is 12.5. The Morgan fingerprint density at radius 2 is 1.81 bits per heavy atom. The van der Waals surface area contributed by atoms with Gasteiger partial charge in [0.15, 0.2) is 0 Å². The molecule has 0 aliphatic carbocycles. The molecule has 0 saturated carbocycles. The van der Waals surface area contributed by atoms with Crippen molar-refractivity contribution in [2.45, 2.75) is 25.6 Å². The van der Waals surface area contributed by atoms with Gasteiger partial charge in [0.2, 0.25) is 0 Å². The van der Waals surface area contributed by atoms with Crippen LogP contribution in [0.1, 0.15) is 11.1 Å². The lowest BCUT2D eigenvalue weighted by atomic mass is 10.1. The molecule has 0 spiro atoms. The van der Waals surface area contributed by atoms with Gasteiger partial charge in [-0.05, 0) is 29.7 Å². The first kappa shape index (κ1) is 20.6. The topological polar surface area (TPSA) is 50.8 Å². The Morgan fingerprint density at radius 1 is 1.11 bits per heavy atom. The third kappa shape index (κ3) is 6.86. The molecule has 2 aromatic rings. The summed E-state index contributed by atoms with van der Waals surface area (Å²) >= 11 is 0. The minimum absolute atomic E-state index is 0.0615. The molecule has 2 aromatic carbocycles. The van der Waals surface area contributed by atoms with Crippen molar-refractivity contribution >= 4 is 6.03 Å². The number of rotatable bonds is 9. The van der Waals surface area contributed by atoms with Crippen LogP contribution in [0.4, 0.5) is 13.6 Å². The van der Waals surface area contributed by atoms with E-state index in [2.05, 4.69) is 10.1 Å². The van der Waals surface area contributed by atoms with Crippen molar-refractivity contribution in [1.29, 1.82) is 0 Å². The number of hydrogen-bond acceptors (Lipinski definition) is 3. The van der Waals surface area contributed by atoms with Crippen molar-refractivity contribution in [2.75, 3.05) is 20.8 Å². The van der Waals surface area contributed by atoms with Gasteiger partial charge in [0.1, 0.15) is 5.75 Å². The maximum Gasteiger partial charge on any atom is 0.387 e. The second kappa shape index (κ2) is 10.5. The SMILES string of the molecule is COC[C@H](Cc1ccccc1)N(C)C(=O)NCc1cccc(OC(F)F)c1. The third-order valence-corrected chi connectivity index (χ3v) is 4.11. The first-order valence-corrected chi connectivity index (χ1v) is 8.57. The van der Waals surface area contributed by atoms with E-state index in [-0.39, 0.29) is 24.4 Å². The molecule has 7 heteroatoms. The Balaban J connectivity index is 1.94. The molecular formula is C20H24F2N2O3. The van der Waals surface area contributed by atoms with Crippen molar-refractivity contribution in [3.05, 3.63) is 65.7 Å². The highest BCUT2D eigenvalue weighted by Crippen LogP contribution is 2.16.